The summed E-state index contributed by atoms with van der Waals surface area (Å²) in [5.74, 6) is -3.04. The van der Waals surface area contributed by atoms with Gasteiger partial charge in [0.25, 0.3) is 5.91 Å². The standard InChI is InChI=1S/C18H14ClF2NO5/c19-12-8-14(21)13(20)7-11(12)18(24)27-9-17(23)22-10-2-3-15-16(6-10)26-5-1-4-25-15/h2-3,6-8H,1,4-5,9H2,(H,22,23). The molecule has 142 valence electrons. The van der Waals surface area contributed by atoms with E-state index in [1.165, 1.54) is 0 Å². The molecule has 0 aliphatic carbocycles. The summed E-state index contributed by atoms with van der Waals surface area (Å²) in [5.41, 5.74) is 0.0464. The fourth-order valence-corrected chi connectivity index (χ4v) is 2.55. The van der Waals surface area contributed by atoms with Crippen molar-refractivity contribution < 1.29 is 32.6 Å². The largest absolute Gasteiger partial charge is 0.490 e. The highest BCUT2D eigenvalue weighted by Gasteiger charge is 2.18. The van der Waals surface area contributed by atoms with Crippen LogP contribution in [-0.4, -0.2) is 31.7 Å². The van der Waals surface area contributed by atoms with Gasteiger partial charge in [-0.3, -0.25) is 4.79 Å². The Balaban J connectivity index is 1.59. The van der Waals surface area contributed by atoms with Gasteiger partial charge in [-0.2, -0.15) is 0 Å². The van der Waals surface area contributed by atoms with Crippen molar-refractivity contribution in [3.8, 4) is 11.5 Å². The van der Waals surface area contributed by atoms with Crippen LogP contribution in [0, 0.1) is 11.6 Å². The number of benzene rings is 2. The number of rotatable bonds is 4. The molecule has 0 atom stereocenters. The Kier molecular flexibility index (Phi) is 5.75. The van der Waals surface area contributed by atoms with E-state index in [2.05, 4.69) is 5.32 Å². The molecule has 3 rings (SSSR count). The van der Waals surface area contributed by atoms with Crippen molar-refractivity contribution in [3.05, 3.63) is 52.6 Å². The molecular formula is C18H14ClF2NO5. The van der Waals surface area contributed by atoms with Gasteiger partial charge in [0.15, 0.2) is 29.7 Å². The summed E-state index contributed by atoms with van der Waals surface area (Å²) >= 11 is 5.69. The number of anilines is 1. The number of nitrogens with one attached hydrogen (secondary N) is 1. The van der Waals surface area contributed by atoms with Crippen molar-refractivity contribution in [2.45, 2.75) is 6.42 Å². The van der Waals surface area contributed by atoms with Gasteiger partial charge in [0.2, 0.25) is 0 Å². The SMILES string of the molecule is O=C(COC(=O)c1cc(F)c(F)cc1Cl)Nc1ccc2c(c1)OCCCO2. The number of amides is 1. The number of ether oxygens (including phenoxy) is 3. The van der Waals surface area contributed by atoms with Crippen LogP contribution in [0.2, 0.25) is 5.02 Å². The summed E-state index contributed by atoms with van der Waals surface area (Å²) < 4.78 is 42.1. The van der Waals surface area contributed by atoms with Crippen LogP contribution in [0.15, 0.2) is 30.3 Å². The number of fused-ring (bicyclic) bond motifs is 1. The van der Waals surface area contributed by atoms with Gasteiger partial charge in [-0.05, 0) is 24.3 Å². The summed E-state index contributed by atoms with van der Waals surface area (Å²) in [6, 6.07) is 6.13. The van der Waals surface area contributed by atoms with Gasteiger partial charge in [-0.1, -0.05) is 11.6 Å². The van der Waals surface area contributed by atoms with E-state index in [0.717, 1.165) is 6.42 Å². The number of esters is 1. The summed E-state index contributed by atoms with van der Waals surface area (Å²) in [4.78, 5) is 23.9. The lowest BCUT2D eigenvalue weighted by Gasteiger charge is -2.11. The van der Waals surface area contributed by atoms with Gasteiger partial charge < -0.3 is 19.5 Å². The zero-order valence-electron chi connectivity index (χ0n) is 13.9. The van der Waals surface area contributed by atoms with Crippen molar-refractivity contribution in [2.24, 2.45) is 0 Å². The maximum Gasteiger partial charge on any atom is 0.340 e. The van der Waals surface area contributed by atoms with Crippen LogP contribution in [0.25, 0.3) is 0 Å². The Hall–Kier alpha value is -2.87. The van der Waals surface area contributed by atoms with Crippen molar-refractivity contribution in [3.63, 3.8) is 0 Å². The Morgan fingerprint density at radius 2 is 1.78 bits per heavy atom. The first-order valence-electron chi connectivity index (χ1n) is 7.95. The molecule has 9 heteroatoms. The van der Waals surface area contributed by atoms with Crippen LogP contribution in [0.5, 0.6) is 11.5 Å². The lowest BCUT2D eigenvalue weighted by molar-refractivity contribution is -0.119. The van der Waals surface area contributed by atoms with Crippen LogP contribution in [0.1, 0.15) is 16.8 Å². The van der Waals surface area contributed by atoms with E-state index in [1.807, 2.05) is 0 Å². The summed E-state index contributed by atoms with van der Waals surface area (Å²) in [5, 5.41) is 2.22. The van der Waals surface area contributed by atoms with E-state index in [0.29, 0.717) is 42.5 Å². The molecule has 0 saturated carbocycles. The van der Waals surface area contributed by atoms with Gasteiger partial charge in [0.05, 0.1) is 23.8 Å². The quantitative estimate of drug-likeness (QED) is 0.630. The molecule has 0 radical (unpaired) electrons. The van der Waals surface area contributed by atoms with E-state index < -0.39 is 30.1 Å². The third-order valence-corrected chi connectivity index (χ3v) is 3.91. The van der Waals surface area contributed by atoms with Gasteiger partial charge in [-0.15, -0.1) is 0 Å². The average Bonchev–Trinajstić information content (AvgIpc) is 2.87. The zero-order chi connectivity index (χ0) is 19.4. The molecule has 0 bridgehead atoms. The molecule has 0 aromatic heterocycles. The highest BCUT2D eigenvalue weighted by atomic mass is 35.5. The van der Waals surface area contributed by atoms with Crippen LogP contribution < -0.4 is 14.8 Å². The Morgan fingerprint density at radius 1 is 1.07 bits per heavy atom. The van der Waals surface area contributed by atoms with Crippen LogP contribution >= 0.6 is 11.6 Å². The minimum absolute atomic E-state index is 0.317. The van der Waals surface area contributed by atoms with Gasteiger partial charge in [0, 0.05) is 18.2 Å². The number of hydrogen-bond donors (Lipinski definition) is 1. The smallest absolute Gasteiger partial charge is 0.340 e. The van der Waals surface area contributed by atoms with Crippen LogP contribution in [0.3, 0.4) is 0 Å². The average molecular weight is 398 g/mol. The Morgan fingerprint density at radius 3 is 2.56 bits per heavy atom. The van der Waals surface area contributed by atoms with E-state index >= 15 is 0 Å². The van der Waals surface area contributed by atoms with Crippen molar-refractivity contribution in [2.75, 3.05) is 25.1 Å². The molecule has 6 nitrogen and oxygen atoms in total. The highest BCUT2D eigenvalue weighted by Crippen LogP contribution is 2.32. The molecule has 1 amide bonds. The van der Waals surface area contributed by atoms with E-state index in [1.54, 1.807) is 18.2 Å². The highest BCUT2D eigenvalue weighted by molar-refractivity contribution is 6.33. The topological polar surface area (TPSA) is 73.9 Å². The molecule has 1 aliphatic heterocycles. The van der Waals surface area contributed by atoms with E-state index in [-0.39, 0.29) is 10.6 Å². The van der Waals surface area contributed by atoms with Gasteiger partial charge in [0.1, 0.15) is 0 Å². The van der Waals surface area contributed by atoms with Crippen molar-refractivity contribution >= 4 is 29.2 Å². The van der Waals surface area contributed by atoms with E-state index in [4.69, 9.17) is 25.8 Å². The third-order valence-electron chi connectivity index (χ3n) is 3.60. The normalized spacial score (nSPS) is 12.9. The lowest BCUT2D eigenvalue weighted by atomic mass is 10.2. The molecule has 2 aromatic rings. The minimum Gasteiger partial charge on any atom is -0.490 e. The molecule has 27 heavy (non-hydrogen) atoms. The monoisotopic (exact) mass is 397 g/mol. The Labute approximate surface area is 158 Å². The molecular weight excluding hydrogens is 384 g/mol. The maximum atomic E-state index is 13.2. The molecule has 0 saturated heterocycles. The fraction of sp³-hybridized carbons (Fsp3) is 0.222. The molecule has 1 heterocycles. The second-order valence-corrected chi connectivity index (χ2v) is 5.99. The third kappa shape index (κ3) is 4.65. The molecule has 1 aliphatic rings. The lowest BCUT2D eigenvalue weighted by Crippen LogP contribution is -2.21. The fourth-order valence-electron chi connectivity index (χ4n) is 2.33. The van der Waals surface area contributed by atoms with E-state index in [9.17, 15) is 18.4 Å². The maximum absolute atomic E-state index is 13.2. The minimum atomic E-state index is -1.25. The molecule has 0 unspecified atom stereocenters. The Bertz CT molecular complexity index is 890. The van der Waals surface area contributed by atoms with Crippen LogP contribution in [0.4, 0.5) is 14.5 Å². The molecule has 2 aromatic carbocycles. The first-order valence-corrected chi connectivity index (χ1v) is 8.33. The van der Waals surface area contributed by atoms with Crippen molar-refractivity contribution in [1.29, 1.82) is 0 Å². The first-order chi connectivity index (χ1) is 12.9. The molecule has 1 N–H and O–H groups in total. The number of carbonyl (C=O) groups excluding carboxylic acids is 2. The first kappa shape index (κ1) is 18.9. The second-order valence-electron chi connectivity index (χ2n) is 5.58. The number of hydrogen-bond acceptors (Lipinski definition) is 5. The summed E-state index contributed by atoms with van der Waals surface area (Å²) in [6.07, 6.45) is 0.749. The molecule has 0 fully saturated rings. The number of carbonyl (C=O) groups is 2. The zero-order valence-corrected chi connectivity index (χ0v) is 14.6. The predicted octanol–water partition coefficient (Wildman–Crippen LogP) is 3.58. The summed E-state index contributed by atoms with van der Waals surface area (Å²) in [6.45, 7) is 0.404. The summed E-state index contributed by atoms with van der Waals surface area (Å²) in [7, 11) is 0. The second kappa shape index (κ2) is 8.22. The van der Waals surface area contributed by atoms with Gasteiger partial charge >= 0.3 is 5.97 Å². The van der Waals surface area contributed by atoms with Crippen molar-refractivity contribution in [1.82, 2.24) is 0 Å². The molecule has 0 spiro atoms. The predicted molar refractivity (Wildman–Crippen MR) is 92.3 cm³/mol. The van der Waals surface area contributed by atoms with Gasteiger partial charge in [-0.25, -0.2) is 13.6 Å². The van der Waals surface area contributed by atoms with Crippen LogP contribution in [-0.2, 0) is 9.53 Å². The number of halogens is 3.